The maximum atomic E-state index is 12.4. The maximum Gasteiger partial charge on any atom is 0.277 e. The number of hydrogen-bond acceptors (Lipinski definition) is 6. The van der Waals surface area contributed by atoms with Crippen molar-refractivity contribution in [1.29, 1.82) is 0 Å². The van der Waals surface area contributed by atoms with Gasteiger partial charge >= 0.3 is 0 Å². The van der Waals surface area contributed by atoms with E-state index in [0.717, 1.165) is 29.0 Å². The number of aromatic nitrogens is 3. The van der Waals surface area contributed by atoms with Crippen molar-refractivity contribution >= 4 is 33.3 Å². The number of thiazole rings is 1. The number of hydrogen-bond donors (Lipinski definition) is 1. The number of carbonyl (C=O) groups excluding carboxylic acids is 1. The summed E-state index contributed by atoms with van der Waals surface area (Å²) in [7, 11) is 1.62. The molecule has 1 amide bonds. The summed E-state index contributed by atoms with van der Waals surface area (Å²) in [5.41, 5.74) is 2.71. The van der Waals surface area contributed by atoms with E-state index in [-0.39, 0.29) is 5.91 Å². The molecule has 1 aromatic carbocycles. The molecule has 0 bridgehead atoms. The van der Waals surface area contributed by atoms with Crippen LogP contribution in [0.15, 0.2) is 40.1 Å². The van der Waals surface area contributed by atoms with Crippen molar-refractivity contribution in [2.45, 2.75) is 20.4 Å². The second-order valence-electron chi connectivity index (χ2n) is 5.99. The third-order valence-electron chi connectivity index (χ3n) is 4.22. The van der Waals surface area contributed by atoms with Crippen molar-refractivity contribution in [3.63, 3.8) is 0 Å². The normalized spacial score (nSPS) is 11.1. The minimum Gasteiger partial charge on any atom is -0.497 e. The van der Waals surface area contributed by atoms with Gasteiger partial charge in [0.15, 0.2) is 16.6 Å². The predicted molar refractivity (Wildman–Crippen MR) is 104 cm³/mol. The van der Waals surface area contributed by atoms with E-state index in [2.05, 4.69) is 15.4 Å². The Bertz CT molecular complexity index is 1130. The van der Waals surface area contributed by atoms with Gasteiger partial charge in [0.25, 0.3) is 5.91 Å². The van der Waals surface area contributed by atoms with Crippen LogP contribution in [0.2, 0.25) is 0 Å². The molecule has 0 spiro atoms. The van der Waals surface area contributed by atoms with Gasteiger partial charge in [-0.1, -0.05) is 0 Å². The molecule has 0 unspecified atom stereocenters. The minimum absolute atomic E-state index is 0.277. The van der Waals surface area contributed by atoms with Crippen LogP contribution in [0.4, 0.5) is 5.13 Å². The average Bonchev–Trinajstić information content (AvgIpc) is 3.38. The summed E-state index contributed by atoms with van der Waals surface area (Å²) in [6.45, 7) is 4.63. The lowest BCUT2D eigenvalue weighted by Gasteiger charge is -1.98. The number of amides is 1. The number of carbonyl (C=O) groups is 1. The molecule has 0 saturated heterocycles. The highest BCUT2D eigenvalue weighted by molar-refractivity contribution is 7.14. The first-order valence-corrected chi connectivity index (χ1v) is 9.34. The zero-order valence-electron chi connectivity index (χ0n) is 15.1. The van der Waals surface area contributed by atoms with E-state index in [0.29, 0.717) is 22.3 Å². The Morgan fingerprint density at radius 1 is 1.33 bits per heavy atom. The molecule has 0 radical (unpaired) electrons. The summed E-state index contributed by atoms with van der Waals surface area (Å²) < 4.78 is 12.9. The molecule has 27 heavy (non-hydrogen) atoms. The standard InChI is InChI=1S/C19H18N4O3S/c1-4-23-11(2)7-14(22-23)18(24)21-19-20-15(10-27-19)17-8-12-5-6-13(25-3)9-16(12)26-17/h5-10H,4H2,1-3H3,(H,20,21,24). The molecular weight excluding hydrogens is 364 g/mol. The monoisotopic (exact) mass is 382 g/mol. The summed E-state index contributed by atoms with van der Waals surface area (Å²) >= 11 is 1.34. The van der Waals surface area contributed by atoms with E-state index < -0.39 is 0 Å². The second kappa shape index (κ2) is 6.88. The van der Waals surface area contributed by atoms with Crippen molar-refractivity contribution < 1.29 is 13.9 Å². The molecule has 4 rings (SSSR count). The molecule has 4 aromatic rings. The quantitative estimate of drug-likeness (QED) is 0.555. The molecule has 0 fully saturated rings. The molecule has 3 aromatic heterocycles. The number of methoxy groups -OCH3 is 1. The third-order valence-corrected chi connectivity index (χ3v) is 4.98. The topological polar surface area (TPSA) is 82.2 Å². The number of furan rings is 1. The van der Waals surface area contributed by atoms with Crippen LogP contribution < -0.4 is 10.1 Å². The summed E-state index contributed by atoms with van der Waals surface area (Å²) in [6.07, 6.45) is 0. The van der Waals surface area contributed by atoms with E-state index in [1.54, 1.807) is 17.9 Å². The van der Waals surface area contributed by atoms with Crippen LogP contribution in [0.25, 0.3) is 22.4 Å². The highest BCUT2D eigenvalue weighted by Gasteiger charge is 2.15. The lowest BCUT2D eigenvalue weighted by Crippen LogP contribution is -2.13. The molecule has 0 saturated carbocycles. The Morgan fingerprint density at radius 3 is 2.93 bits per heavy atom. The lowest BCUT2D eigenvalue weighted by molar-refractivity contribution is 0.102. The van der Waals surface area contributed by atoms with E-state index in [4.69, 9.17) is 9.15 Å². The molecule has 0 aliphatic rings. The zero-order valence-corrected chi connectivity index (χ0v) is 16.0. The summed E-state index contributed by atoms with van der Waals surface area (Å²) in [4.78, 5) is 16.9. The highest BCUT2D eigenvalue weighted by Crippen LogP contribution is 2.32. The van der Waals surface area contributed by atoms with Gasteiger partial charge in [-0.25, -0.2) is 4.98 Å². The van der Waals surface area contributed by atoms with E-state index >= 15 is 0 Å². The SMILES string of the molecule is CCn1nc(C(=O)Nc2nc(-c3cc4ccc(OC)cc4o3)cs2)cc1C. The average molecular weight is 382 g/mol. The lowest BCUT2D eigenvalue weighted by atomic mass is 10.2. The largest absolute Gasteiger partial charge is 0.497 e. The number of ether oxygens (including phenoxy) is 1. The van der Waals surface area contributed by atoms with Crippen LogP contribution >= 0.6 is 11.3 Å². The third kappa shape index (κ3) is 3.31. The Morgan fingerprint density at radius 2 is 2.19 bits per heavy atom. The van der Waals surface area contributed by atoms with Crippen LogP contribution in [0.3, 0.4) is 0 Å². The van der Waals surface area contributed by atoms with E-state index in [9.17, 15) is 4.79 Å². The highest BCUT2D eigenvalue weighted by atomic mass is 32.1. The fourth-order valence-corrected chi connectivity index (χ4v) is 3.51. The Balaban J connectivity index is 1.55. The van der Waals surface area contributed by atoms with Crippen molar-refractivity contribution in [2.24, 2.45) is 0 Å². The van der Waals surface area contributed by atoms with Crippen LogP contribution in [0.1, 0.15) is 23.1 Å². The minimum atomic E-state index is -0.277. The number of nitrogens with zero attached hydrogens (tertiary/aromatic N) is 3. The van der Waals surface area contributed by atoms with Gasteiger partial charge < -0.3 is 9.15 Å². The summed E-state index contributed by atoms with van der Waals surface area (Å²) in [6, 6.07) is 9.33. The number of anilines is 1. The smallest absolute Gasteiger partial charge is 0.277 e. The first-order valence-electron chi connectivity index (χ1n) is 8.46. The maximum absolute atomic E-state index is 12.4. The van der Waals surface area contributed by atoms with Gasteiger partial charge in [0, 0.05) is 29.1 Å². The van der Waals surface area contributed by atoms with E-state index in [1.807, 2.05) is 43.5 Å². The fourth-order valence-electron chi connectivity index (χ4n) is 2.81. The van der Waals surface area contributed by atoms with Crippen molar-refractivity contribution in [3.05, 3.63) is 47.1 Å². The van der Waals surface area contributed by atoms with Gasteiger partial charge in [-0.2, -0.15) is 5.10 Å². The van der Waals surface area contributed by atoms with Gasteiger partial charge in [-0.05, 0) is 38.1 Å². The number of benzene rings is 1. The van der Waals surface area contributed by atoms with Crippen LogP contribution in [-0.4, -0.2) is 27.8 Å². The molecule has 0 aliphatic heterocycles. The fraction of sp³-hybridized carbons (Fsp3) is 0.211. The molecular formula is C19H18N4O3S. The van der Waals surface area contributed by atoms with Gasteiger partial charge in [-0.3, -0.25) is 14.8 Å². The van der Waals surface area contributed by atoms with Crippen molar-refractivity contribution in [3.8, 4) is 17.2 Å². The number of aryl methyl sites for hydroxylation is 2. The van der Waals surface area contributed by atoms with Crippen molar-refractivity contribution in [2.75, 3.05) is 12.4 Å². The summed E-state index contributed by atoms with van der Waals surface area (Å²) in [5.74, 6) is 1.10. The first kappa shape index (κ1) is 17.3. The summed E-state index contributed by atoms with van der Waals surface area (Å²) in [5, 5.41) is 10.4. The van der Waals surface area contributed by atoms with Crippen LogP contribution in [0, 0.1) is 6.92 Å². The second-order valence-corrected chi connectivity index (χ2v) is 6.85. The zero-order chi connectivity index (χ0) is 19.0. The molecule has 3 heterocycles. The van der Waals surface area contributed by atoms with E-state index in [1.165, 1.54) is 11.3 Å². The number of nitrogens with one attached hydrogen (secondary N) is 1. The molecule has 138 valence electrons. The molecule has 0 aliphatic carbocycles. The van der Waals surface area contributed by atoms with Gasteiger partial charge in [0.1, 0.15) is 17.0 Å². The molecule has 0 atom stereocenters. The molecule has 8 heteroatoms. The number of rotatable bonds is 5. The Kier molecular flexibility index (Phi) is 4.41. The van der Waals surface area contributed by atoms with Crippen LogP contribution in [0.5, 0.6) is 5.75 Å². The predicted octanol–water partition coefficient (Wildman–Crippen LogP) is 4.34. The Labute approximate surface area is 159 Å². The van der Waals surface area contributed by atoms with Gasteiger partial charge in [-0.15, -0.1) is 11.3 Å². The Hall–Kier alpha value is -3.13. The van der Waals surface area contributed by atoms with Crippen LogP contribution in [-0.2, 0) is 6.54 Å². The van der Waals surface area contributed by atoms with Gasteiger partial charge in [0.2, 0.25) is 0 Å². The molecule has 1 N–H and O–H groups in total. The number of fused-ring (bicyclic) bond motifs is 1. The molecule has 7 nitrogen and oxygen atoms in total. The first-order chi connectivity index (χ1) is 13.1. The van der Waals surface area contributed by atoms with Gasteiger partial charge in [0.05, 0.1) is 7.11 Å². The van der Waals surface area contributed by atoms with Crippen molar-refractivity contribution in [1.82, 2.24) is 14.8 Å².